The number of hydrogen-bond donors (Lipinski definition) is 2. The average Bonchev–Trinajstić information content (AvgIpc) is 2.92. The molecule has 1 saturated heterocycles. The van der Waals surface area contributed by atoms with Crippen LogP contribution in [0.4, 0.5) is 5.69 Å². The van der Waals surface area contributed by atoms with Gasteiger partial charge in [-0.05, 0) is 36.5 Å². The van der Waals surface area contributed by atoms with Crippen LogP contribution in [0.1, 0.15) is 36.5 Å². The van der Waals surface area contributed by atoms with Crippen LogP contribution in [-0.4, -0.2) is 23.7 Å². The fraction of sp³-hybridized carbons (Fsp3) is 0.500. The van der Waals surface area contributed by atoms with Crippen molar-refractivity contribution in [3.05, 3.63) is 28.3 Å². The van der Waals surface area contributed by atoms with Gasteiger partial charge in [0.15, 0.2) is 0 Å². The number of hydrogen-bond acceptors (Lipinski definition) is 3. The van der Waals surface area contributed by atoms with Crippen LogP contribution in [0.2, 0.25) is 5.02 Å². The van der Waals surface area contributed by atoms with Gasteiger partial charge >= 0.3 is 0 Å². The quantitative estimate of drug-likeness (QED) is 0.875. The Morgan fingerprint density at radius 2 is 2.26 bits per heavy atom. The van der Waals surface area contributed by atoms with Crippen molar-refractivity contribution in [1.82, 2.24) is 0 Å². The van der Waals surface area contributed by atoms with E-state index in [0.29, 0.717) is 30.2 Å². The zero-order valence-electron chi connectivity index (χ0n) is 10.5. The molecule has 102 valence electrons. The van der Waals surface area contributed by atoms with Gasteiger partial charge in [0.1, 0.15) is 6.10 Å². The van der Waals surface area contributed by atoms with Crippen molar-refractivity contribution >= 4 is 23.2 Å². The molecule has 2 unspecified atom stereocenters. The topological polar surface area (TPSA) is 58.6 Å². The van der Waals surface area contributed by atoms with Gasteiger partial charge in [-0.25, -0.2) is 0 Å². The maximum Gasteiger partial charge on any atom is 0.224 e. The summed E-state index contributed by atoms with van der Waals surface area (Å²) < 4.78 is 5.51. The van der Waals surface area contributed by atoms with Gasteiger partial charge in [0.25, 0.3) is 0 Å². The van der Waals surface area contributed by atoms with Crippen molar-refractivity contribution in [2.45, 2.75) is 37.9 Å². The number of benzene rings is 1. The van der Waals surface area contributed by atoms with E-state index in [0.717, 1.165) is 24.0 Å². The number of halogens is 1. The smallest absolute Gasteiger partial charge is 0.224 e. The summed E-state index contributed by atoms with van der Waals surface area (Å²) in [6.45, 7) is 0.705. The molecule has 0 spiro atoms. The highest BCUT2D eigenvalue weighted by Gasteiger charge is 2.27. The van der Waals surface area contributed by atoms with Gasteiger partial charge in [0, 0.05) is 13.0 Å². The van der Waals surface area contributed by atoms with Crippen molar-refractivity contribution in [3.63, 3.8) is 0 Å². The minimum atomic E-state index is -0.650. The molecule has 2 heterocycles. The first-order valence-corrected chi connectivity index (χ1v) is 6.95. The van der Waals surface area contributed by atoms with Crippen LogP contribution in [0.5, 0.6) is 0 Å². The second kappa shape index (κ2) is 5.12. The Balaban J connectivity index is 1.91. The number of carbonyl (C=O) groups is 1. The Labute approximate surface area is 116 Å². The van der Waals surface area contributed by atoms with Crippen LogP contribution in [0, 0.1) is 0 Å². The second-order valence-electron chi connectivity index (χ2n) is 5.08. The van der Waals surface area contributed by atoms with Crippen molar-refractivity contribution in [3.8, 4) is 0 Å². The number of nitrogens with one attached hydrogen (secondary N) is 1. The van der Waals surface area contributed by atoms with Crippen LogP contribution in [0.3, 0.4) is 0 Å². The fourth-order valence-electron chi connectivity index (χ4n) is 2.71. The molecule has 4 nitrogen and oxygen atoms in total. The zero-order chi connectivity index (χ0) is 13.4. The molecule has 2 aliphatic heterocycles. The highest BCUT2D eigenvalue weighted by atomic mass is 35.5. The van der Waals surface area contributed by atoms with Crippen molar-refractivity contribution in [2.75, 3.05) is 11.9 Å². The molecule has 1 aromatic carbocycles. The minimum Gasteiger partial charge on any atom is -0.386 e. The summed E-state index contributed by atoms with van der Waals surface area (Å²) in [4.78, 5) is 11.4. The van der Waals surface area contributed by atoms with Gasteiger partial charge in [0.2, 0.25) is 5.91 Å². The molecular formula is C14H16ClNO3. The van der Waals surface area contributed by atoms with Gasteiger partial charge in [-0.3, -0.25) is 4.79 Å². The third-order valence-electron chi connectivity index (χ3n) is 3.74. The highest BCUT2D eigenvalue weighted by molar-refractivity contribution is 6.34. The molecule has 2 N–H and O–H groups in total. The van der Waals surface area contributed by atoms with Crippen LogP contribution in [-0.2, 0) is 16.0 Å². The predicted molar refractivity (Wildman–Crippen MR) is 72.3 cm³/mol. The van der Waals surface area contributed by atoms with E-state index in [-0.39, 0.29) is 12.0 Å². The molecule has 5 heteroatoms. The number of aliphatic hydroxyl groups excluding tert-OH is 1. The normalized spacial score (nSPS) is 23.9. The predicted octanol–water partition coefficient (Wildman–Crippen LogP) is 2.44. The molecule has 1 amide bonds. The van der Waals surface area contributed by atoms with Crippen molar-refractivity contribution in [2.24, 2.45) is 0 Å². The van der Waals surface area contributed by atoms with Crippen LogP contribution in [0.25, 0.3) is 0 Å². The standard InChI is InChI=1S/C14H16ClNO3/c15-10-7-9(14(18)11-2-1-5-19-11)6-8-3-4-12(17)16-13(8)10/h6-7,11,14,18H,1-5H2,(H,16,17). The summed E-state index contributed by atoms with van der Waals surface area (Å²) in [5.74, 6) is -0.0122. The lowest BCUT2D eigenvalue weighted by molar-refractivity contribution is -0.116. The van der Waals surface area contributed by atoms with E-state index in [4.69, 9.17) is 16.3 Å². The molecule has 19 heavy (non-hydrogen) atoms. The molecule has 0 aromatic heterocycles. The van der Waals surface area contributed by atoms with E-state index in [9.17, 15) is 9.90 Å². The first-order valence-electron chi connectivity index (χ1n) is 6.57. The number of aryl methyl sites for hydroxylation is 1. The Bertz CT molecular complexity index is 512. The third-order valence-corrected chi connectivity index (χ3v) is 4.04. The van der Waals surface area contributed by atoms with Crippen molar-refractivity contribution in [1.29, 1.82) is 0 Å². The largest absolute Gasteiger partial charge is 0.386 e. The van der Waals surface area contributed by atoms with E-state index in [1.807, 2.05) is 6.07 Å². The number of fused-ring (bicyclic) bond motifs is 1. The molecule has 1 aromatic rings. The Morgan fingerprint density at radius 1 is 1.42 bits per heavy atom. The van der Waals surface area contributed by atoms with Gasteiger partial charge in [-0.2, -0.15) is 0 Å². The van der Waals surface area contributed by atoms with E-state index >= 15 is 0 Å². The maximum atomic E-state index is 11.4. The lowest BCUT2D eigenvalue weighted by atomic mass is 9.95. The van der Waals surface area contributed by atoms with Crippen LogP contribution >= 0.6 is 11.6 Å². The highest BCUT2D eigenvalue weighted by Crippen LogP contribution is 2.36. The first-order chi connectivity index (χ1) is 9.15. The van der Waals surface area contributed by atoms with E-state index in [1.165, 1.54) is 0 Å². The fourth-order valence-corrected chi connectivity index (χ4v) is 3.01. The summed E-state index contributed by atoms with van der Waals surface area (Å²) >= 11 is 6.20. The average molecular weight is 282 g/mol. The maximum absolute atomic E-state index is 11.4. The first kappa shape index (κ1) is 12.9. The minimum absolute atomic E-state index is 0.0122. The number of anilines is 1. The summed E-state index contributed by atoms with van der Waals surface area (Å²) in [6.07, 6.45) is 2.17. The molecule has 1 fully saturated rings. The summed E-state index contributed by atoms with van der Waals surface area (Å²) in [5.41, 5.74) is 2.44. The molecule has 3 rings (SSSR count). The lowest BCUT2D eigenvalue weighted by Crippen LogP contribution is -2.21. The molecule has 0 radical (unpaired) electrons. The Morgan fingerprint density at radius 3 is 3.00 bits per heavy atom. The number of ether oxygens (including phenoxy) is 1. The van der Waals surface area contributed by atoms with Gasteiger partial charge in [0.05, 0.1) is 16.8 Å². The number of amides is 1. The van der Waals surface area contributed by atoms with Gasteiger partial charge in [-0.15, -0.1) is 0 Å². The molecular weight excluding hydrogens is 266 g/mol. The number of aliphatic hydroxyl groups is 1. The number of rotatable bonds is 2. The monoisotopic (exact) mass is 281 g/mol. The molecule has 0 aliphatic carbocycles. The zero-order valence-corrected chi connectivity index (χ0v) is 11.2. The van der Waals surface area contributed by atoms with Gasteiger partial charge < -0.3 is 15.2 Å². The number of carbonyl (C=O) groups excluding carboxylic acids is 1. The van der Waals surface area contributed by atoms with Crippen LogP contribution < -0.4 is 5.32 Å². The van der Waals surface area contributed by atoms with Crippen LogP contribution in [0.15, 0.2) is 12.1 Å². The van der Waals surface area contributed by atoms with E-state index < -0.39 is 6.10 Å². The summed E-state index contributed by atoms with van der Waals surface area (Å²) in [7, 11) is 0. The Hall–Kier alpha value is -1.10. The SMILES string of the molecule is O=C1CCc2cc(C(O)C3CCCO3)cc(Cl)c2N1. The molecule has 2 aliphatic rings. The van der Waals surface area contributed by atoms with Gasteiger partial charge in [-0.1, -0.05) is 17.7 Å². The second-order valence-corrected chi connectivity index (χ2v) is 5.49. The Kier molecular flexibility index (Phi) is 3.48. The lowest BCUT2D eigenvalue weighted by Gasteiger charge is -2.23. The van der Waals surface area contributed by atoms with Crippen molar-refractivity contribution < 1.29 is 14.6 Å². The van der Waals surface area contributed by atoms with E-state index in [2.05, 4.69) is 5.32 Å². The third kappa shape index (κ3) is 2.48. The summed E-state index contributed by atoms with van der Waals surface area (Å²) in [6, 6.07) is 3.64. The molecule has 0 bridgehead atoms. The summed E-state index contributed by atoms with van der Waals surface area (Å²) in [5, 5.41) is 13.6. The molecule has 0 saturated carbocycles. The molecule has 2 atom stereocenters. The van der Waals surface area contributed by atoms with E-state index in [1.54, 1.807) is 6.07 Å².